The van der Waals surface area contributed by atoms with Crippen LogP contribution in [0.25, 0.3) is 0 Å². The Morgan fingerprint density at radius 1 is 1.41 bits per heavy atom. The Balaban J connectivity index is 1.69. The molecule has 0 spiro atoms. The molecule has 0 aromatic carbocycles. The first-order valence-corrected chi connectivity index (χ1v) is 7.22. The van der Waals surface area contributed by atoms with Crippen molar-refractivity contribution in [1.29, 1.82) is 0 Å². The van der Waals surface area contributed by atoms with Gasteiger partial charge in [-0.2, -0.15) is 0 Å². The molecule has 4 atom stereocenters. The number of hydrogen-bond acceptors (Lipinski definition) is 2. The molecule has 4 unspecified atom stereocenters. The average molecular weight is 236 g/mol. The van der Waals surface area contributed by atoms with E-state index in [1.54, 1.807) is 0 Å². The maximum Gasteiger partial charge on any atom is 0.0189 e. The van der Waals surface area contributed by atoms with Crippen molar-refractivity contribution in [2.24, 2.45) is 17.8 Å². The van der Waals surface area contributed by atoms with Gasteiger partial charge in [-0.3, -0.25) is 0 Å². The van der Waals surface area contributed by atoms with E-state index in [2.05, 4.69) is 30.8 Å². The van der Waals surface area contributed by atoms with Crippen LogP contribution in [0.15, 0.2) is 12.7 Å². The van der Waals surface area contributed by atoms with Gasteiger partial charge in [0, 0.05) is 25.7 Å². The van der Waals surface area contributed by atoms with Crippen molar-refractivity contribution < 1.29 is 0 Å². The summed E-state index contributed by atoms with van der Waals surface area (Å²) in [6, 6.07) is 0.633. The van der Waals surface area contributed by atoms with Crippen molar-refractivity contribution in [3.8, 4) is 0 Å². The van der Waals surface area contributed by atoms with Crippen LogP contribution in [0.4, 0.5) is 0 Å². The SMILES string of the molecule is C=CCNCC(C)N(C)CC1CC2CCC1C2. The van der Waals surface area contributed by atoms with Crippen LogP contribution in [-0.2, 0) is 0 Å². The van der Waals surface area contributed by atoms with Crippen molar-refractivity contribution in [3.05, 3.63) is 12.7 Å². The summed E-state index contributed by atoms with van der Waals surface area (Å²) in [6.45, 7) is 9.36. The number of nitrogens with zero attached hydrogens (tertiary/aromatic N) is 1. The number of rotatable bonds is 7. The fraction of sp³-hybridized carbons (Fsp3) is 0.867. The fourth-order valence-electron chi connectivity index (χ4n) is 3.70. The van der Waals surface area contributed by atoms with Gasteiger partial charge in [-0.05, 0) is 51.0 Å². The van der Waals surface area contributed by atoms with E-state index in [-0.39, 0.29) is 0 Å². The molecular weight excluding hydrogens is 208 g/mol. The molecule has 0 aromatic heterocycles. The minimum Gasteiger partial charge on any atom is -0.312 e. The van der Waals surface area contributed by atoms with Crippen LogP contribution in [0.5, 0.6) is 0 Å². The van der Waals surface area contributed by atoms with Gasteiger partial charge in [-0.25, -0.2) is 0 Å². The van der Waals surface area contributed by atoms with Gasteiger partial charge in [0.05, 0.1) is 0 Å². The summed E-state index contributed by atoms with van der Waals surface area (Å²) < 4.78 is 0. The smallest absolute Gasteiger partial charge is 0.0189 e. The van der Waals surface area contributed by atoms with Crippen LogP contribution in [0, 0.1) is 17.8 Å². The van der Waals surface area contributed by atoms with E-state index in [0.717, 1.165) is 30.8 Å². The van der Waals surface area contributed by atoms with Gasteiger partial charge in [-0.1, -0.05) is 12.5 Å². The summed E-state index contributed by atoms with van der Waals surface area (Å²) in [5.74, 6) is 3.11. The lowest BCUT2D eigenvalue weighted by molar-refractivity contribution is 0.179. The molecule has 0 aromatic rings. The minimum atomic E-state index is 0.633. The van der Waals surface area contributed by atoms with Gasteiger partial charge in [-0.15, -0.1) is 6.58 Å². The van der Waals surface area contributed by atoms with Gasteiger partial charge < -0.3 is 10.2 Å². The lowest BCUT2D eigenvalue weighted by atomic mass is 9.88. The van der Waals surface area contributed by atoms with E-state index in [9.17, 15) is 0 Å². The highest BCUT2D eigenvalue weighted by Gasteiger charge is 2.39. The third-order valence-electron chi connectivity index (χ3n) is 4.89. The largest absolute Gasteiger partial charge is 0.312 e. The highest BCUT2D eigenvalue weighted by molar-refractivity contribution is 4.91. The fourth-order valence-corrected chi connectivity index (χ4v) is 3.70. The normalized spacial score (nSPS) is 33.2. The van der Waals surface area contributed by atoms with E-state index in [0.29, 0.717) is 6.04 Å². The molecule has 1 N–H and O–H groups in total. The molecule has 2 heteroatoms. The molecular formula is C15H28N2. The second kappa shape index (κ2) is 6.01. The Bertz CT molecular complexity index is 251. The van der Waals surface area contributed by atoms with Gasteiger partial charge in [0.15, 0.2) is 0 Å². The third-order valence-corrected chi connectivity index (χ3v) is 4.89. The van der Waals surface area contributed by atoms with Crippen molar-refractivity contribution in [2.75, 3.05) is 26.7 Å². The second-order valence-electron chi connectivity index (χ2n) is 6.17. The molecule has 2 nitrogen and oxygen atoms in total. The Kier molecular flexibility index (Phi) is 4.63. The molecule has 0 amide bonds. The van der Waals surface area contributed by atoms with Crippen LogP contribution in [0.1, 0.15) is 32.6 Å². The maximum absolute atomic E-state index is 3.74. The highest BCUT2D eigenvalue weighted by atomic mass is 15.1. The van der Waals surface area contributed by atoms with Crippen LogP contribution in [0.2, 0.25) is 0 Å². The summed E-state index contributed by atoms with van der Waals surface area (Å²) >= 11 is 0. The predicted octanol–water partition coefficient (Wildman–Crippen LogP) is 2.52. The van der Waals surface area contributed by atoms with E-state index in [4.69, 9.17) is 0 Å². The molecule has 17 heavy (non-hydrogen) atoms. The van der Waals surface area contributed by atoms with E-state index in [1.807, 2.05) is 6.08 Å². The quantitative estimate of drug-likeness (QED) is 0.540. The van der Waals surface area contributed by atoms with Crippen molar-refractivity contribution in [1.82, 2.24) is 10.2 Å². The van der Waals surface area contributed by atoms with E-state index < -0.39 is 0 Å². The molecule has 2 bridgehead atoms. The summed E-state index contributed by atoms with van der Waals surface area (Å²) in [6.07, 6.45) is 7.99. The maximum atomic E-state index is 3.74. The number of nitrogens with one attached hydrogen (secondary N) is 1. The van der Waals surface area contributed by atoms with Crippen LogP contribution in [-0.4, -0.2) is 37.6 Å². The second-order valence-corrected chi connectivity index (χ2v) is 6.17. The lowest BCUT2D eigenvalue weighted by Crippen LogP contribution is -2.41. The Morgan fingerprint density at radius 3 is 2.82 bits per heavy atom. The lowest BCUT2D eigenvalue weighted by Gasteiger charge is -2.31. The van der Waals surface area contributed by atoms with E-state index in [1.165, 1.54) is 32.2 Å². The molecule has 2 aliphatic rings. The molecule has 2 aliphatic carbocycles. The summed E-state index contributed by atoms with van der Waals surface area (Å²) in [4.78, 5) is 2.54. The molecule has 98 valence electrons. The Hall–Kier alpha value is -0.340. The molecule has 0 radical (unpaired) electrons. The zero-order valence-electron chi connectivity index (χ0n) is 11.5. The molecule has 0 heterocycles. The van der Waals surface area contributed by atoms with Crippen molar-refractivity contribution in [2.45, 2.75) is 38.6 Å². The monoisotopic (exact) mass is 236 g/mol. The highest BCUT2D eigenvalue weighted by Crippen LogP contribution is 2.48. The van der Waals surface area contributed by atoms with Crippen LogP contribution >= 0.6 is 0 Å². The number of likely N-dealkylation sites (N-methyl/N-ethyl adjacent to an activating group) is 1. The first-order valence-electron chi connectivity index (χ1n) is 7.22. The Morgan fingerprint density at radius 2 is 2.24 bits per heavy atom. The molecule has 2 rings (SSSR count). The Labute approximate surface area is 106 Å². The molecule has 0 saturated heterocycles. The first-order chi connectivity index (χ1) is 8.20. The van der Waals surface area contributed by atoms with Crippen LogP contribution in [0.3, 0.4) is 0 Å². The van der Waals surface area contributed by atoms with E-state index >= 15 is 0 Å². The number of fused-ring (bicyclic) bond motifs is 2. The standard InChI is InChI=1S/C15H28N2/c1-4-7-16-10-12(2)17(3)11-15-9-13-5-6-14(15)8-13/h4,12-16H,1,5-11H2,2-3H3. The summed E-state index contributed by atoms with van der Waals surface area (Å²) in [7, 11) is 2.28. The number of hydrogen-bond donors (Lipinski definition) is 1. The van der Waals surface area contributed by atoms with Crippen molar-refractivity contribution in [3.63, 3.8) is 0 Å². The zero-order chi connectivity index (χ0) is 12.3. The minimum absolute atomic E-state index is 0.633. The van der Waals surface area contributed by atoms with Gasteiger partial charge in [0.1, 0.15) is 0 Å². The molecule has 2 fully saturated rings. The molecule has 0 aliphatic heterocycles. The third kappa shape index (κ3) is 3.32. The van der Waals surface area contributed by atoms with Gasteiger partial charge in [0.25, 0.3) is 0 Å². The molecule has 2 saturated carbocycles. The average Bonchev–Trinajstić information content (AvgIpc) is 2.91. The zero-order valence-corrected chi connectivity index (χ0v) is 11.5. The summed E-state index contributed by atoms with van der Waals surface area (Å²) in [5.41, 5.74) is 0. The predicted molar refractivity (Wildman–Crippen MR) is 74.1 cm³/mol. The first kappa shape index (κ1) is 13.1. The topological polar surface area (TPSA) is 15.3 Å². The van der Waals surface area contributed by atoms with Crippen molar-refractivity contribution >= 4 is 0 Å². The van der Waals surface area contributed by atoms with Gasteiger partial charge >= 0.3 is 0 Å². The summed E-state index contributed by atoms with van der Waals surface area (Å²) in [5, 5.41) is 3.41. The van der Waals surface area contributed by atoms with Gasteiger partial charge in [0.2, 0.25) is 0 Å². The van der Waals surface area contributed by atoms with Crippen LogP contribution < -0.4 is 5.32 Å².